The Bertz CT molecular complexity index is 1490. The molecule has 4 rings (SSSR count). The van der Waals surface area contributed by atoms with E-state index >= 15 is 0 Å². The van der Waals surface area contributed by atoms with E-state index in [0.717, 1.165) is 43.4 Å². The van der Waals surface area contributed by atoms with Crippen LogP contribution in [0.25, 0.3) is 11.1 Å². The minimum Gasteiger partial charge on any atom is -0.292 e. The third-order valence-corrected chi connectivity index (χ3v) is 7.70. The van der Waals surface area contributed by atoms with Crippen molar-refractivity contribution in [1.82, 2.24) is 9.62 Å². The molecule has 0 aliphatic carbocycles. The zero-order valence-electron chi connectivity index (χ0n) is 22.2. The maximum Gasteiger partial charge on any atom is 0.416 e. The van der Waals surface area contributed by atoms with Crippen LogP contribution in [-0.4, -0.2) is 38.6 Å². The molecule has 1 aliphatic heterocycles. The molecule has 0 aromatic heterocycles. The molecule has 1 heterocycles. The number of carbonyl (C=O) groups is 1. The van der Waals surface area contributed by atoms with Crippen molar-refractivity contribution >= 4 is 15.9 Å². The molecule has 1 fully saturated rings. The maximum atomic E-state index is 13.3. The van der Waals surface area contributed by atoms with Crippen molar-refractivity contribution in [1.29, 1.82) is 0 Å². The van der Waals surface area contributed by atoms with E-state index in [4.69, 9.17) is 0 Å². The van der Waals surface area contributed by atoms with Gasteiger partial charge < -0.3 is 0 Å². The van der Waals surface area contributed by atoms with Crippen molar-refractivity contribution in [2.24, 2.45) is 5.92 Å². The number of piperidine rings is 1. The smallest absolute Gasteiger partial charge is 0.292 e. The Kier molecular flexibility index (Phi) is 8.56. The number of hydrogen-bond acceptors (Lipinski definition) is 4. The van der Waals surface area contributed by atoms with E-state index in [1.165, 1.54) is 36.4 Å². The summed E-state index contributed by atoms with van der Waals surface area (Å²) in [6.07, 6.45) is -6.63. The lowest BCUT2D eigenvalue weighted by molar-refractivity contribution is -0.138. The van der Waals surface area contributed by atoms with Gasteiger partial charge in [-0.2, -0.15) is 26.3 Å². The van der Waals surface area contributed by atoms with E-state index in [0.29, 0.717) is 41.3 Å². The summed E-state index contributed by atoms with van der Waals surface area (Å²) in [4.78, 5) is 14.8. The van der Waals surface area contributed by atoms with Gasteiger partial charge in [-0.1, -0.05) is 37.3 Å². The average Bonchev–Trinajstić information content (AvgIpc) is 2.88. The third kappa shape index (κ3) is 7.48. The van der Waals surface area contributed by atoms with Crippen molar-refractivity contribution in [2.75, 3.05) is 19.3 Å². The highest BCUT2D eigenvalue weighted by atomic mass is 32.2. The number of nitrogens with one attached hydrogen (secondary N) is 1. The summed E-state index contributed by atoms with van der Waals surface area (Å²) in [7, 11) is -3.90. The van der Waals surface area contributed by atoms with Crippen LogP contribution in [0.3, 0.4) is 0 Å². The van der Waals surface area contributed by atoms with Crippen molar-refractivity contribution in [3.05, 3.63) is 94.5 Å². The van der Waals surface area contributed by atoms with Gasteiger partial charge in [0.1, 0.15) is 0 Å². The normalized spacial score (nSPS) is 16.4. The fourth-order valence-corrected chi connectivity index (χ4v) is 5.43. The summed E-state index contributed by atoms with van der Waals surface area (Å²) in [6.45, 7) is 3.35. The second kappa shape index (κ2) is 11.5. The molecular weight excluding hydrogens is 570 g/mol. The monoisotopic (exact) mass is 598 g/mol. The first-order valence-electron chi connectivity index (χ1n) is 12.8. The first-order valence-corrected chi connectivity index (χ1v) is 14.7. The molecule has 1 aliphatic rings. The van der Waals surface area contributed by atoms with Crippen LogP contribution in [0.15, 0.2) is 66.7 Å². The minimum absolute atomic E-state index is 0.0486. The Morgan fingerprint density at radius 3 is 1.85 bits per heavy atom. The van der Waals surface area contributed by atoms with Crippen LogP contribution in [0.2, 0.25) is 0 Å². The van der Waals surface area contributed by atoms with Crippen molar-refractivity contribution in [3.63, 3.8) is 0 Å². The lowest BCUT2D eigenvalue weighted by atomic mass is 9.86. The van der Waals surface area contributed by atoms with Crippen LogP contribution in [-0.2, 0) is 22.4 Å². The van der Waals surface area contributed by atoms with Crippen LogP contribution >= 0.6 is 0 Å². The van der Waals surface area contributed by atoms with Gasteiger partial charge in [-0.05, 0) is 90.5 Å². The number of sulfonamides is 1. The van der Waals surface area contributed by atoms with Crippen LogP contribution in [0.4, 0.5) is 26.3 Å². The summed E-state index contributed by atoms with van der Waals surface area (Å²) in [5.74, 6) is -0.485. The number of alkyl halides is 6. The molecule has 0 radical (unpaired) electrons. The highest BCUT2D eigenvalue weighted by Crippen LogP contribution is 2.40. The van der Waals surface area contributed by atoms with Gasteiger partial charge in [-0.25, -0.2) is 13.1 Å². The fourth-order valence-electron chi connectivity index (χ4n) is 4.98. The topological polar surface area (TPSA) is 66.5 Å². The summed E-state index contributed by atoms with van der Waals surface area (Å²) < 4.78 is 105. The number of carbonyl (C=O) groups excluding carboxylic acids is 1. The summed E-state index contributed by atoms with van der Waals surface area (Å²) in [5, 5.41) is 0. The molecule has 41 heavy (non-hydrogen) atoms. The molecule has 1 N–H and O–H groups in total. The van der Waals surface area contributed by atoms with Crippen molar-refractivity contribution < 1.29 is 39.6 Å². The largest absolute Gasteiger partial charge is 0.416 e. The zero-order valence-corrected chi connectivity index (χ0v) is 23.0. The summed E-state index contributed by atoms with van der Waals surface area (Å²) in [5.41, 5.74) is 0.0188. The quantitative estimate of drug-likeness (QED) is 0.314. The standard InChI is InChI=1S/C29H28F6N2O3S/c1-18-13-15-37(16-14-18)26(20-5-10-23(11-6-20)29(33,34)35)24-12-7-21(27(38)36-41(2,39)40)17-25(24)19-3-8-22(9-4-19)28(30,31)32/h3-12,17-18,26H,13-16H2,1-2H3,(H,36,38). The van der Waals surface area contributed by atoms with E-state index in [-0.39, 0.29) is 5.56 Å². The molecule has 0 spiro atoms. The highest BCUT2D eigenvalue weighted by molar-refractivity contribution is 7.89. The van der Waals surface area contributed by atoms with Crippen LogP contribution < -0.4 is 4.72 Å². The molecule has 220 valence electrons. The predicted molar refractivity (Wildman–Crippen MR) is 142 cm³/mol. The average molecular weight is 599 g/mol. The molecule has 12 heteroatoms. The summed E-state index contributed by atoms with van der Waals surface area (Å²) >= 11 is 0. The van der Waals surface area contributed by atoms with Gasteiger partial charge in [0, 0.05) is 5.56 Å². The third-order valence-electron chi connectivity index (χ3n) is 7.15. The minimum atomic E-state index is -4.58. The Hall–Kier alpha value is -3.38. The summed E-state index contributed by atoms with van der Waals surface area (Å²) in [6, 6.07) is 12.8. The number of nitrogens with zero attached hydrogens (tertiary/aromatic N) is 1. The Balaban J connectivity index is 1.89. The van der Waals surface area contributed by atoms with Gasteiger partial charge in [0.25, 0.3) is 5.91 Å². The lowest BCUT2D eigenvalue weighted by Crippen LogP contribution is -2.37. The SMILES string of the molecule is CC1CCN(C(c2ccc(C(F)(F)F)cc2)c2ccc(C(=O)NS(C)(=O)=O)cc2-c2ccc(C(F)(F)F)cc2)CC1. The molecule has 0 saturated carbocycles. The molecule has 3 aromatic carbocycles. The lowest BCUT2D eigenvalue weighted by Gasteiger charge is -2.38. The second-order valence-electron chi connectivity index (χ2n) is 10.3. The first kappa shape index (κ1) is 30.6. The van der Waals surface area contributed by atoms with E-state index in [1.54, 1.807) is 6.07 Å². The number of benzene rings is 3. The molecule has 1 unspecified atom stereocenters. The number of amides is 1. The molecule has 5 nitrogen and oxygen atoms in total. The highest BCUT2D eigenvalue weighted by Gasteiger charge is 2.33. The zero-order chi connectivity index (χ0) is 30.2. The number of hydrogen-bond donors (Lipinski definition) is 1. The molecule has 1 saturated heterocycles. The van der Waals surface area contributed by atoms with Crippen LogP contribution in [0.1, 0.15) is 58.4 Å². The number of rotatable bonds is 6. The van der Waals surface area contributed by atoms with Gasteiger partial charge in [0.15, 0.2) is 0 Å². The van der Waals surface area contributed by atoms with E-state index in [2.05, 4.69) is 11.8 Å². The Morgan fingerprint density at radius 2 is 1.37 bits per heavy atom. The molecule has 3 aromatic rings. The molecule has 1 atom stereocenters. The van der Waals surface area contributed by atoms with Crippen LogP contribution in [0, 0.1) is 5.92 Å². The molecular formula is C29H28F6N2O3S. The van der Waals surface area contributed by atoms with E-state index in [9.17, 15) is 39.6 Å². The van der Waals surface area contributed by atoms with Crippen molar-refractivity contribution in [3.8, 4) is 11.1 Å². The Morgan fingerprint density at radius 1 is 0.854 bits per heavy atom. The first-order chi connectivity index (χ1) is 19.0. The van der Waals surface area contributed by atoms with Gasteiger partial charge >= 0.3 is 12.4 Å². The predicted octanol–water partition coefficient (Wildman–Crippen LogP) is 6.90. The van der Waals surface area contributed by atoms with Crippen molar-refractivity contribution in [2.45, 2.75) is 38.2 Å². The van der Waals surface area contributed by atoms with Crippen LogP contribution in [0.5, 0.6) is 0 Å². The Labute approximate surface area is 234 Å². The molecule has 1 amide bonds. The second-order valence-corrected chi connectivity index (χ2v) is 12.1. The van der Waals surface area contributed by atoms with E-state index < -0.39 is 45.5 Å². The van der Waals surface area contributed by atoms with Gasteiger partial charge in [-0.3, -0.25) is 9.69 Å². The van der Waals surface area contributed by atoms with Gasteiger partial charge in [0.05, 0.1) is 23.4 Å². The van der Waals surface area contributed by atoms with E-state index in [1.807, 2.05) is 4.72 Å². The number of likely N-dealkylation sites (tertiary alicyclic amines) is 1. The maximum absolute atomic E-state index is 13.3. The van der Waals surface area contributed by atoms with Gasteiger partial charge in [0.2, 0.25) is 10.0 Å². The fraction of sp³-hybridized carbons (Fsp3) is 0.345. The number of halogens is 6. The van der Waals surface area contributed by atoms with Gasteiger partial charge in [-0.15, -0.1) is 0 Å². The molecule has 0 bridgehead atoms.